The van der Waals surface area contributed by atoms with E-state index in [9.17, 15) is 5.11 Å². The van der Waals surface area contributed by atoms with E-state index in [0.29, 0.717) is 6.54 Å². The van der Waals surface area contributed by atoms with Gasteiger partial charge in [0.1, 0.15) is 0 Å². The van der Waals surface area contributed by atoms with E-state index in [1.54, 1.807) is 0 Å². The van der Waals surface area contributed by atoms with Crippen LogP contribution in [0.5, 0.6) is 0 Å². The summed E-state index contributed by atoms with van der Waals surface area (Å²) in [6, 6.07) is 8.75. The summed E-state index contributed by atoms with van der Waals surface area (Å²) in [5.74, 6) is 0. The van der Waals surface area contributed by atoms with E-state index in [0.717, 1.165) is 19.5 Å². The van der Waals surface area contributed by atoms with Crippen LogP contribution in [0.1, 0.15) is 23.6 Å². The van der Waals surface area contributed by atoms with Crippen LogP contribution in [0, 0.1) is 6.92 Å². The predicted octanol–water partition coefficient (Wildman–Crippen LogP) is 1.06. The van der Waals surface area contributed by atoms with Gasteiger partial charge < -0.3 is 10.8 Å². The first kappa shape index (κ1) is 11.6. The molecule has 3 nitrogen and oxygen atoms in total. The van der Waals surface area contributed by atoms with Crippen LogP contribution in [0.2, 0.25) is 0 Å². The Labute approximate surface area is 96.9 Å². The van der Waals surface area contributed by atoms with Crippen LogP contribution >= 0.6 is 0 Å². The van der Waals surface area contributed by atoms with Crippen LogP contribution in [0.3, 0.4) is 0 Å². The number of nitrogens with two attached hydrogens (primary N) is 1. The molecule has 0 aliphatic carbocycles. The first-order chi connectivity index (χ1) is 7.70. The Bertz CT molecular complexity index is 336. The largest absolute Gasteiger partial charge is 0.392 e. The molecule has 0 bridgehead atoms. The van der Waals surface area contributed by atoms with E-state index in [1.807, 2.05) is 0 Å². The van der Waals surface area contributed by atoms with Crippen LogP contribution in [0.4, 0.5) is 0 Å². The van der Waals surface area contributed by atoms with Crippen molar-refractivity contribution >= 4 is 0 Å². The molecule has 3 N–H and O–H groups in total. The molecule has 1 saturated heterocycles. The molecule has 2 unspecified atom stereocenters. The molecule has 0 spiro atoms. The molecule has 16 heavy (non-hydrogen) atoms. The van der Waals surface area contributed by atoms with E-state index in [-0.39, 0.29) is 12.1 Å². The second-order valence-corrected chi connectivity index (χ2v) is 4.60. The molecular weight excluding hydrogens is 200 g/mol. The summed E-state index contributed by atoms with van der Waals surface area (Å²) in [5.41, 5.74) is 8.36. The van der Waals surface area contributed by atoms with E-state index in [4.69, 9.17) is 5.73 Å². The van der Waals surface area contributed by atoms with Gasteiger partial charge >= 0.3 is 0 Å². The molecule has 0 radical (unpaired) electrons. The monoisotopic (exact) mass is 220 g/mol. The van der Waals surface area contributed by atoms with Crippen molar-refractivity contribution in [2.75, 3.05) is 19.6 Å². The number of likely N-dealkylation sites (tertiary alicyclic amines) is 1. The highest BCUT2D eigenvalue weighted by Crippen LogP contribution is 2.24. The van der Waals surface area contributed by atoms with Crippen molar-refractivity contribution < 1.29 is 5.11 Å². The summed E-state index contributed by atoms with van der Waals surface area (Å²) in [6.07, 6.45) is 0.682. The number of aryl methyl sites for hydroxylation is 1. The second kappa shape index (κ2) is 4.95. The van der Waals surface area contributed by atoms with Gasteiger partial charge in [0.2, 0.25) is 0 Å². The molecular formula is C13H20N2O. The molecule has 1 fully saturated rings. The number of nitrogens with zero attached hydrogens (tertiary/aromatic N) is 1. The zero-order valence-electron chi connectivity index (χ0n) is 9.76. The Hall–Kier alpha value is -0.900. The van der Waals surface area contributed by atoms with Crippen molar-refractivity contribution in [3.05, 3.63) is 35.4 Å². The van der Waals surface area contributed by atoms with Crippen LogP contribution in [0.15, 0.2) is 24.3 Å². The number of hydrogen-bond acceptors (Lipinski definition) is 3. The normalized spacial score (nSPS) is 23.6. The van der Waals surface area contributed by atoms with Gasteiger partial charge in [-0.05, 0) is 18.9 Å². The molecule has 0 aromatic heterocycles. The Kier molecular flexibility index (Phi) is 3.59. The summed E-state index contributed by atoms with van der Waals surface area (Å²) in [5, 5.41) is 9.55. The van der Waals surface area contributed by atoms with Gasteiger partial charge in [0.25, 0.3) is 0 Å². The lowest BCUT2D eigenvalue weighted by Gasteiger charge is -2.26. The fourth-order valence-corrected chi connectivity index (χ4v) is 2.34. The highest BCUT2D eigenvalue weighted by Gasteiger charge is 2.26. The average molecular weight is 220 g/mol. The first-order valence-electron chi connectivity index (χ1n) is 5.89. The summed E-state index contributed by atoms with van der Waals surface area (Å²) < 4.78 is 0. The van der Waals surface area contributed by atoms with E-state index < -0.39 is 0 Å². The zero-order valence-corrected chi connectivity index (χ0v) is 9.76. The first-order valence-corrected chi connectivity index (χ1v) is 5.89. The zero-order chi connectivity index (χ0) is 11.5. The van der Waals surface area contributed by atoms with Crippen molar-refractivity contribution in [1.29, 1.82) is 0 Å². The smallest absolute Gasteiger partial charge is 0.0679 e. The van der Waals surface area contributed by atoms with Gasteiger partial charge in [0.05, 0.1) is 6.10 Å². The fraction of sp³-hybridized carbons (Fsp3) is 0.538. The molecule has 2 rings (SSSR count). The topological polar surface area (TPSA) is 49.5 Å². The minimum atomic E-state index is -0.181. The number of rotatable bonds is 3. The number of aliphatic hydroxyl groups excluding tert-OH is 1. The molecule has 1 aromatic rings. The standard InChI is InChI=1S/C13H20N2O/c1-10-2-4-11(5-3-10)13(8-14)15-7-6-12(16)9-15/h2-5,12-13,16H,6-9,14H2,1H3. The van der Waals surface area contributed by atoms with Crippen molar-refractivity contribution in [3.8, 4) is 0 Å². The maximum absolute atomic E-state index is 9.55. The van der Waals surface area contributed by atoms with Crippen molar-refractivity contribution in [3.63, 3.8) is 0 Å². The van der Waals surface area contributed by atoms with Gasteiger partial charge in [-0.2, -0.15) is 0 Å². The van der Waals surface area contributed by atoms with E-state index in [2.05, 4.69) is 36.1 Å². The summed E-state index contributed by atoms with van der Waals surface area (Å²) in [6.45, 7) is 4.38. The Morgan fingerprint density at radius 2 is 2.12 bits per heavy atom. The Morgan fingerprint density at radius 3 is 2.62 bits per heavy atom. The summed E-state index contributed by atoms with van der Waals surface area (Å²) >= 11 is 0. The van der Waals surface area contributed by atoms with Crippen LogP contribution in [-0.2, 0) is 0 Å². The fourth-order valence-electron chi connectivity index (χ4n) is 2.34. The van der Waals surface area contributed by atoms with E-state index in [1.165, 1.54) is 11.1 Å². The SMILES string of the molecule is Cc1ccc(C(CN)N2CCC(O)C2)cc1. The summed E-state index contributed by atoms with van der Waals surface area (Å²) in [4.78, 5) is 2.27. The lowest BCUT2D eigenvalue weighted by molar-refractivity contribution is 0.160. The average Bonchev–Trinajstić information content (AvgIpc) is 2.69. The third kappa shape index (κ3) is 2.43. The number of β-amino-alcohol motifs (C(OH)–C–C–N with tert-alkyl or cyclic N) is 1. The third-order valence-electron chi connectivity index (χ3n) is 3.32. The van der Waals surface area contributed by atoms with Crippen molar-refractivity contribution in [2.45, 2.75) is 25.5 Å². The maximum Gasteiger partial charge on any atom is 0.0679 e. The molecule has 0 saturated carbocycles. The Morgan fingerprint density at radius 1 is 1.44 bits per heavy atom. The number of aliphatic hydroxyl groups is 1. The minimum absolute atomic E-state index is 0.181. The highest BCUT2D eigenvalue weighted by molar-refractivity contribution is 5.24. The Balaban J connectivity index is 2.13. The number of benzene rings is 1. The molecule has 1 aromatic carbocycles. The van der Waals surface area contributed by atoms with Gasteiger partial charge in [-0.1, -0.05) is 29.8 Å². The molecule has 3 heteroatoms. The van der Waals surface area contributed by atoms with Gasteiger partial charge in [0, 0.05) is 25.7 Å². The third-order valence-corrected chi connectivity index (χ3v) is 3.32. The quantitative estimate of drug-likeness (QED) is 0.801. The molecule has 1 aliphatic heterocycles. The van der Waals surface area contributed by atoms with Crippen molar-refractivity contribution in [2.24, 2.45) is 5.73 Å². The van der Waals surface area contributed by atoms with Crippen LogP contribution < -0.4 is 5.73 Å². The molecule has 1 aliphatic rings. The lowest BCUT2D eigenvalue weighted by atomic mass is 10.0. The minimum Gasteiger partial charge on any atom is -0.392 e. The van der Waals surface area contributed by atoms with E-state index >= 15 is 0 Å². The maximum atomic E-state index is 9.55. The van der Waals surface area contributed by atoms with Gasteiger partial charge in [-0.3, -0.25) is 4.90 Å². The number of hydrogen-bond donors (Lipinski definition) is 2. The van der Waals surface area contributed by atoms with Crippen LogP contribution in [-0.4, -0.2) is 35.7 Å². The molecule has 1 heterocycles. The van der Waals surface area contributed by atoms with Crippen LogP contribution in [0.25, 0.3) is 0 Å². The molecule has 88 valence electrons. The lowest BCUT2D eigenvalue weighted by Crippen LogP contribution is -2.32. The van der Waals surface area contributed by atoms with Gasteiger partial charge in [0.15, 0.2) is 0 Å². The summed E-state index contributed by atoms with van der Waals surface area (Å²) in [7, 11) is 0. The van der Waals surface area contributed by atoms with Crippen molar-refractivity contribution in [1.82, 2.24) is 4.90 Å². The molecule has 0 amide bonds. The van der Waals surface area contributed by atoms with Gasteiger partial charge in [-0.25, -0.2) is 0 Å². The second-order valence-electron chi connectivity index (χ2n) is 4.60. The molecule has 2 atom stereocenters. The predicted molar refractivity (Wildman–Crippen MR) is 65.2 cm³/mol. The highest BCUT2D eigenvalue weighted by atomic mass is 16.3. The van der Waals surface area contributed by atoms with Gasteiger partial charge in [-0.15, -0.1) is 0 Å².